The zero-order valence-corrected chi connectivity index (χ0v) is 8.83. The highest BCUT2D eigenvalue weighted by Crippen LogP contribution is 1.96. The number of carbonyl (C=O) groups is 1. The maximum Gasteiger partial charge on any atom is 0.302 e. The second-order valence-electron chi connectivity index (χ2n) is 3.34. The van der Waals surface area contributed by atoms with Crippen LogP contribution in [0.2, 0.25) is 0 Å². The molecule has 3 heteroatoms. The first-order valence-corrected chi connectivity index (χ1v) is 4.42. The molecule has 0 radical (unpaired) electrons. The summed E-state index contributed by atoms with van der Waals surface area (Å²) in [4.78, 5) is 10.3. The number of rotatable bonds is 3. The minimum atomic E-state index is -0.941. The largest absolute Gasteiger partial charge is 0.462 e. The number of allylic oxidation sites excluding steroid dienone is 1. The van der Waals surface area contributed by atoms with Gasteiger partial charge in [-0.3, -0.25) is 4.79 Å². The van der Waals surface area contributed by atoms with E-state index in [1.54, 1.807) is 26.0 Å². The molecule has 0 aliphatic rings. The zero-order chi connectivity index (χ0) is 11.0. The quantitative estimate of drug-likeness (QED) is 0.420. The van der Waals surface area contributed by atoms with Crippen molar-refractivity contribution in [1.82, 2.24) is 0 Å². The van der Waals surface area contributed by atoms with Gasteiger partial charge in [0.05, 0.1) is 0 Å². The van der Waals surface area contributed by atoms with Crippen LogP contribution >= 0.6 is 0 Å². The SMILES string of the molecule is CC(=O)OC/C=C/CC#CC(C)(C)O. The Bertz CT molecular complexity index is 260. The number of ether oxygens (including phenoxy) is 1. The molecule has 78 valence electrons. The second-order valence-corrected chi connectivity index (χ2v) is 3.34. The van der Waals surface area contributed by atoms with Crippen LogP contribution in [0, 0.1) is 11.8 Å². The Morgan fingerprint density at radius 2 is 2.14 bits per heavy atom. The van der Waals surface area contributed by atoms with Gasteiger partial charge in [-0.15, -0.1) is 0 Å². The third kappa shape index (κ3) is 10.7. The van der Waals surface area contributed by atoms with Crippen molar-refractivity contribution in [2.24, 2.45) is 0 Å². The molecular weight excluding hydrogens is 180 g/mol. The molecule has 0 saturated heterocycles. The van der Waals surface area contributed by atoms with Gasteiger partial charge in [0.1, 0.15) is 12.2 Å². The normalized spacial score (nSPS) is 10.9. The summed E-state index contributed by atoms with van der Waals surface area (Å²) in [6.45, 7) is 4.90. The molecular formula is C11H16O3. The fourth-order valence-electron chi connectivity index (χ4n) is 0.643. The molecule has 0 atom stereocenters. The smallest absolute Gasteiger partial charge is 0.302 e. The lowest BCUT2D eigenvalue weighted by atomic mass is 10.1. The van der Waals surface area contributed by atoms with E-state index in [-0.39, 0.29) is 12.6 Å². The van der Waals surface area contributed by atoms with Gasteiger partial charge in [-0.2, -0.15) is 0 Å². The summed E-state index contributed by atoms with van der Waals surface area (Å²) in [5, 5.41) is 9.23. The van der Waals surface area contributed by atoms with E-state index in [0.29, 0.717) is 6.42 Å². The molecule has 0 aliphatic carbocycles. The van der Waals surface area contributed by atoms with Crippen LogP contribution in [-0.4, -0.2) is 23.3 Å². The fourth-order valence-corrected chi connectivity index (χ4v) is 0.643. The molecule has 0 aliphatic heterocycles. The van der Waals surface area contributed by atoms with Gasteiger partial charge in [-0.25, -0.2) is 0 Å². The Hall–Kier alpha value is -1.27. The van der Waals surface area contributed by atoms with Crippen LogP contribution in [-0.2, 0) is 9.53 Å². The van der Waals surface area contributed by atoms with Crippen molar-refractivity contribution in [3.05, 3.63) is 12.2 Å². The minimum Gasteiger partial charge on any atom is -0.462 e. The third-order valence-electron chi connectivity index (χ3n) is 1.16. The van der Waals surface area contributed by atoms with Crippen LogP contribution in [0.3, 0.4) is 0 Å². The van der Waals surface area contributed by atoms with Gasteiger partial charge in [0, 0.05) is 13.3 Å². The Labute approximate surface area is 84.8 Å². The first kappa shape index (κ1) is 12.7. The Kier molecular flexibility index (Phi) is 5.66. The van der Waals surface area contributed by atoms with Crippen molar-refractivity contribution in [3.63, 3.8) is 0 Å². The highest BCUT2D eigenvalue weighted by atomic mass is 16.5. The molecule has 0 amide bonds. The van der Waals surface area contributed by atoms with Crippen LogP contribution in [0.4, 0.5) is 0 Å². The highest BCUT2D eigenvalue weighted by Gasteiger charge is 2.04. The molecule has 1 N–H and O–H groups in total. The molecule has 0 rings (SSSR count). The molecule has 0 bridgehead atoms. The molecule has 0 unspecified atom stereocenters. The lowest BCUT2D eigenvalue weighted by Gasteiger charge is -2.05. The summed E-state index contributed by atoms with van der Waals surface area (Å²) in [6, 6.07) is 0. The van der Waals surface area contributed by atoms with Crippen molar-refractivity contribution in [3.8, 4) is 11.8 Å². The lowest BCUT2D eigenvalue weighted by Crippen LogP contribution is -2.14. The average molecular weight is 196 g/mol. The Morgan fingerprint density at radius 3 is 2.64 bits per heavy atom. The van der Waals surface area contributed by atoms with Crippen molar-refractivity contribution < 1.29 is 14.6 Å². The van der Waals surface area contributed by atoms with Gasteiger partial charge in [0.25, 0.3) is 0 Å². The van der Waals surface area contributed by atoms with E-state index in [0.717, 1.165) is 0 Å². The van der Waals surface area contributed by atoms with E-state index >= 15 is 0 Å². The molecule has 3 nitrogen and oxygen atoms in total. The van der Waals surface area contributed by atoms with Crippen LogP contribution in [0.1, 0.15) is 27.2 Å². The number of hydrogen-bond donors (Lipinski definition) is 1. The number of esters is 1. The molecule has 0 aromatic carbocycles. The molecule has 0 aromatic heterocycles. The number of carbonyl (C=O) groups excluding carboxylic acids is 1. The van der Waals surface area contributed by atoms with Gasteiger partial charge in [-0.05, 0) is 13.8 Å². The van der Waals surface area contributed by atoms with Crippen molar-refractivity contribution in [2.45, 2.75) is 32.8 Å². The maximum absolute atomic E-state index is 10.3. The maximum atomic E-state index is 10.3. The van der Waals surface area contributed by atoms with Crippen LogP contribution < -0.4 is 0 Å². The van der Waals surface area contributed by atoms with E-state index in [2.05, 4.69) is 16.6 Å². The summed E-state index contributed by atoms with van der Waals surface area (Å²) >= 11 is 0. The fraction of sp³-hybridized carbons (Fsp3) is 0.545. The molecule has 0 heterocycles. The molecule has 0 spiro atoms. The Balaban J connectivity index is 3.62. The molecule has 0 aromatic rings. The van der Waals surface area contributed by atoms with E-state index in [9.17, 15) is 9.90 Å². The summed E-state index contributed by atoms with van der Waals surface area (Å²) in [5.41, 5.74) is -0.941. The monoisotopic (exact) mass is 196 g/mol. The first-order chi connectivity index (χ1) is 6.42. The van der Waals surface area contributed by atoms with Gasteiger partial charge < -0.3 is 9.84 Å². The number of aliphatic hydroxyl groups is 1. The van der Waals surface area contributed by atoms with E-state index in [1.807, 2.05) is 0 Å². The predicted octanol–water partition coefficient (Wildman–Crippen LogP) is 1.27. The lowest BCUT2D eigenvalue weighted by molar-refractivity contribution is -0.139. The average Bonchev–Trinajstić information content (AvgIpc) is 2.00. The standard InChI is InChI=1S/C11H16O3/c1-10(12)14-9-7-5-4-6-8-11(2,3)13/h5,7,13H,4,9H2,1-3H3/b7-5+. The Morgan fingerprint density at radius 1 is 1.50 bits per heavy atom. The van der Waals surface area contributed by atoms with Crippen molar-refractivity contribution in [1.29, 1.82) is 0 Å². The van der Waals surface area contributed by atoms with Crippen molar-refractivity contribution in [2.75, 3.05) is 6.61 Å². The third-order valence-corrected chi connectivity index (χ3v) is 1.16. The van der Waals surface area contributed by atoms with E-state index in [1.165, 1.54) is 6.92 Å². The zero-order valence-electron chi connectivity index (χ0n) is 8.83. The van der Waals surface area contributed by atoms with Gasteiger partial charge in [0.15, 0.2) is 0 Å². The van der Waals surface area contributed by atoms with Gasteiger partial charge in [-0.1, -0.05) is 24.0 Å². The van der Waals surface area contributed by atoms with Gasteiger partial charge >= 0.3 is 5.97 Å². The summed E-state index contributed by atoms with van der Waals surface area (Å²) < 4.78 is 4.67. The van der Waals surface area contributed by atoms with Gasteiger partial charge in [0.2, 0.25) is 0 Å². The first-order valence-electron chi connectivity index (χ1n) is 4.42. The number of hydrogen-bond acceptors (Lipinski definition) is 3. The summed E-state index contributed by atoms with van der Waals surface area (Å²) in [5.74, 6) is 5.16. The molecule has 14 heavy (non-hydrogen) atoms. The minimum absolute atomic E-state index is 0.277. The van der Waals surface area contributed by atoms with Crippen molar-refractivity contribution >= 4 is 5.97 Å². The highest BCUT2D eigenvalue weighted by molar-refractivity contribution is 5.65. The summed E-state index contributed by atoms with van der Waals surface area (Å²) in [7, 11) is 0. The van der Waals surface area contributed by atoms with Crippen LogP contribution in [0.25, 0.3) is 0 Å². The molecule has 0 saturated carbocycles. The predicted molar refractivity (Wildman–Crippen MR) is 54.5 cm³/mol. The van der Waals surface area contributed by atoms with E-state index < -0.39 is 5.60 Å². The topological polar surface area (TPSA) is 46.5 Å². The van der Waals surface area contributed by atoms with E-state index in [4.69, 9.17) is 0 Å². The summed E-state index contributed by atoms with van der Waals surface area (Å²) in [6.07, 6.45) is 4.06. The van der Waals surface area contributed by atoms with Crippen LogP contribution in [0.15, 0.2) is 12.2 Å². The second kappa shape index (κ2) is 6.22. The van der Waals surface area contributed by atoms with Crippen LogP contribution in [0.5, 0.6) is 0 Å². The molecule has 0 fully saturated rings.